The van der Waals surface area contributed by atoms with Crippen molar-refractivity contribution in [2.24, 2.45) is 17.6 Å². The number of hydrogen-bond acceptors (Lipinski definition) is 7. The van der Waals surface area contributed by atoms with Crippen LogP contribution >= 0.6 is 0 Å². The summed E-state index contributed by atoms with van der Waals surface area (Å²) in [5.41, 5.74) is 5.49. The molecule has 1 fully saturated rings. The number of nitrogens with two attached hydrogens (primary N) is 1. The predicted molar refractivity (Wildman–Crippen MR) is 162 cm³/mol. The Labute approximate surface area is 239 Å². The van der Waals surface area contributed by atoms with Crippen LogP contribution in [0.1, 0.15) is 97.8 Å². The van der Waals surface area contributed by atoms with Gasteiger partial charge in [0.2, 0.25) is 5.91 Å². The number of carbonyl (C=O) groups excluding carboxylic acids is 3. The number of nitrogens with one attached hydrogen (secondary N) is 1. The molecule has 0 saturated heterocycles. The van der Waals surface area contributed by atoms with E-state index in [-0.39, 0.29) is 5.91 Å². The topological polar surface area (TPSA) is 99.0 Å². The number of carbonyl (C=O) groups is 3. The van der Waals surface area contributed by atoms with Gasteiger partial charge in [0.1, 0.15) is 11.6 Å². The summed E-state index contributed by atoms with van der Waals surface area (Å²) in [6.45, 7) is 13.1. The van der Waals surface area contributed by atoms with Crippen molar-refractivity contribution in [1.29, 1.82) is 0 Å². The molecule has 8 heteroatoms. The number of likely N-dealkylation sites (N-methyl/N-ethyl adjacent to an activating group) is 3. The van der Waals surface area contributed by atoms with Crippen LogP contribution in [0.15, 0.2) is 0 Å². The predicted octanol–water partition coefficient (Wildman–Crippen LogP) is 3.72. The lowest BCUT2D eigenvalue weighted by Crippen LogP contribution is -2.41. The molecule has 0 bridgehead atoms. The third kappa shape index (κ3) is 17.9. The summed E-state index contributed by atoms with van der Waals surface area (Å²) in [7, 11) is 2.00. The molecule has 0 aromatic carbocycles. The van der Waals surface area contributed by atoms with Gasteiger partial charge >= 0.3 is 0 Å². The SMILES string of the molecule is CCN(CC)CC(=O)C[C@@H]1CCCCCCC[C@H](CC(=O)CN(C)CCN(CC)CC(=O)NCCCN)CC1. The standard InChI is InChI=1S/C31H61N5O3/c1-5-35(6-2)25-30(38)23-28-15-12-10-8-9-11-14-27(16-17-28)22-29(37)24-34(4)20-21-36(7-3)26-31(39)33-19-13-18-32/h27-28H,5-26,32H2,1-4H3,(H,33,39)/t27-,28+/m0/s1. The second-order valence-electron chi connectivity index (χ2n) is 11.7. The fourth-order valence-electron chi connectivity index (χ4n) is 5.66. The van der Waals surface area contributed by atoms with Crippen molar-refractivity contribution in [1.82, 2.24) is 20.0 Å². The molecule has 1 saturated carbocycles. The number of amides is 1. The van der Waals surface area contributed by atoms with Gasteiger partial charge in [-0.1, -0.05) is 65.7 Å². The summed E-state index contributed by atoms with van der Waals surface area (Å²) in [6.07, 6.45) is 12.7. The van der Waals surface area contributed by atoms with Gasteiger partial charge in [-0.25, -0.2) is 0 Å². The van der Waals surface area contributed by atoms with Crippen LogP contribution in [0.5, 0.6) is 0 Å². The average Bonchev–Trinajstić information content (AvgIpc) is 2.95. The minimum Gasteiger partial charge on any atom is -0.355 e. The third-order valence-electron chi connectivity index (χ3n) is 8.30. The maximum absolute atomic E-state index is 13.0. The number of hydrogen-bond donors (Lipinski definition) is 2. The largest absolute Gasteiger partial charge is 0.355 e. The first-order valence-electron chi connectivity index (χ1n) is 15.9. The zero-order chi connectivity index (χ0) is 28.9. The van der Waals surface area contributed by atoms with Crippen LogP contribution in [-0.4, -0.2) is 105 Å². The van der Waals surface area contributed by atoms with Crippen molar-refractivity contribution in [2.45, 2.75) is 97.8 Å². The summed E-state index contributed by atoms with van der Waals surface area (Å²) >= 11 is 0. The highest BCUT2D eigenvalue weighted by molar-refractivity contribution is 5.81. The molecule has 1 rings (SSSR count). The minimum absolute atomic E-state index is 0.0314. The second kappa shape index (κ2) is 22.4. The van der Waals surface area contributed by atoms with Crippen LogP contribution in [0.3, 0.4) is 0 Å². The molecule has 39 heavy (non-hydrogen) atoms. The minimum atomic E-state index is 0.0314. The molecule has 2 atom stereocenters. The van der Waals surface area contributed by atoms with Crippen LogP contribution in [-0.2, 0) is 14.4 Å². The van der Waals surface area contributed by atoms with Crippen LogP contribution in [0.25, 0.3) is 0 Å². The normalized spacial score (nSPS) is 19.3. The molecule has 3 N–H and O–H groups in total. The molecule has 0 heterocycles. The highest BCUT2D eigenvalue weighted by Crippen LogP contribution is 2.28. The number of Topliss-reactive ketones (excluding diaryl/α,β-unsaturated/α-hetero) is 2. The summed E-state index contributed by atoms with van der Waals surface area (Å²) < 4.78 is 0. The summed E-state index contributed by atoms with van der Waals surface area (Å²) in [5.74, 6) is 1.60. The lowest BCUT2D eigenvalue weighted by atomic mass is 9.85. The quantitative estimate of drug-likeness (QED) is 0.236. The maximum Gasteiger partial charge on any atom is 0.234 e. The van der Waals surface area contributed by atoms with Crippen LogP contribution in [0.2, 0.25) is 0 Å². The summed E-state index contributed by atoms with van der Waals surface area (Å²) in [4.78, 5) is 44.3. The van der Waals surface area contributed by atoms with E-state index in [2.05, 4.69) is 40.8 Å². The van der Waals surface area contributed by atoms with E-state index >= 15 is 0 Å². The first-order chi connectivity index (χ1) is 18.8. The van der Waals surface area contributed by atoms with Gasteiger partial charge in [-0.2, -0.15) is 0 Å². The Morgan fingerprint density at radius 3 is 1.79 bits per heavy atom. The van der Waals surface area contributed by atoms with Crippen molar-refractivity contribution in [3.63, 3.8) is 0 Å². The molecule has 1 aliphatic carbocycles. The molecule has 0 aliphatic heterocycles. The molecule has 0 unspecified atom stereocenters. The molecule has 8 nitrogen and oxygen atoms in total. The Hall–Kier alpha value is -1.35. The molecule has 0 aromatic rings. The Morgan fingerprint density at radius 2 is 1.26 bits per heavy atom. The van der Waals surface area contributed by atoms with Crippen LogP contribution in [0, 0.1) is 11.8 Å². The third-order valence-corrected chi connectivity index (χ3v) is 8.30. The van der Waals surface area contributed by atoms with E-state index in [9.17, 15) is 14.4 Å². The van der Waals surface area contributed by atoms with Crippen molar-refractivity contribution < 1.29 is 14.4 Å². The molecule has 0 spiro atoms. The highest BCUT2D eigenvalue weighted by Gasteiger charge is 2.21. The molecular weight excluding hydrogens is 490 g/mol. The highest BCUT2D eigenvalue weighted by atomic mass is 16.2. The number of nitrogens with zero attached hydrogens (tertiary/aromatic N) is 3. The molecule has 0 aromatic heterocycles. The molecule has 1 amide bonds. The fraction of sp³-hybridized carbons (Fsp3) is 0.903. The summed E-state index contributed by atoms with van der Waals surface area (Å²) in [5, 5.41) is 2.91. The first kappa shape index (κ1) is 35.7. The molecular formula is C31H61N5O3. The number of ketones is 2. The Balaban J connectivity index is 2.52. The Bertz CT molecular complexity index is 671. The maximum atomic E-state index is 13.0. The monoisotopic (exact) mass is 551 g/mol. The van der Waals surface area contributed by atoms with Crippen LogP contribution < -0.4 is 11.1 Å². The van der Waals surface area contributed by atoms with Crippen LogP contribution in [0.4, 0.5) is 0 Å². The molecule has 228 valence electrons. The van der Waals surface area contributed by atoms with Gasteiger partial charge in [-0.3, -0.25) is 29.1 Å². The van der Waals surface area contributed by atoms with Crippen molar-refractivity contribution in [3.05, 3.63) is 0 Å². The Kier molecular flexibility index (Phi) is 20.4. The van der Waals surface area contributed by atoms with E-state index in [1.165, 1.54) is 32.1 Å². The van der Waals surface area contributed by atoms with Gasteiger partial charge in [0.25, 0.3) is 0 Å². The average molecular weight is 552 g/mol. The van der Waals surface area contributed by atoms with E-state index < -0.39 is 0 Å². The first-order valence-corrected chi connectivity index (χ1v) is 15.9. The smallest absolute Gasteiger partial charge is 0.234 e. The zero-order valence-corrected chi connectivity index (χ0v) is 25.9. The van der Waals surface area contributed by atoms with Gasteiger partial charge < -0.3 is 11.1 Å². The van der Waals surface area contributed by atoms with Gasteiger partial charge in [0, 0.05) is 32.5 Å². The lowest BCUT2D eigenvalue weighted by Gasteiger charge is -2.25. The zero-order valence-electron chi connectivity index (χ0n) is 25.9. The van der Waals surface area contributed by atoms with E-state index in [4.69, 9.17) is 5.73 Å². The van der Waals surface area contributed by atoms with Gasteiger partial charge in [-0.05, 0) is 64.3 Å². The van der Waals surface area contributed by atoms with Crippen molar-refractivity contribution in [2.75, 3.05) is 72.5 Å². The van der Waals surface area contributed by atoms with E-state index in [0.717, 1.165) is 64.8 Å². The second-order valence-corrected chi connectivity index (χ2v) is 11.7. The van der Waals surface area contributed by atoms with Crippen molar-refractivity contribution >= 4 is 17.5 Å². The van der Waals surface area contributed by atoms with Crippen molar-refractivity contribution in [3.8, 4) is 0 Å². The van der Waals surface area contributed by atoms with E-state index in [1.54, 1.807) is 0 Å². The molecule has 1 aliphatic rings. The number of rotatable bonds is 19. The van der Waals surface area contributed by atoms with Gasteiger partial charge in [0.05, 0.1) is 19.6 Å². The summed E-state index contributed by atoms with van der Waals surface area (Å²) in [6, 6.07) is 0. The van der Waals surface area contributed by atoms with Gasteiger partial charge in [0.15, 0.2) is 0 Å². The molecule has 0 radical (unpaired) electrons. The van der Waals surface area contributed by atoms with Gasteiger partial charge in [-0.15, -0.1) is 0 Å². The van der Waals surface area contributed by atoms with E-state index in [0.29, 0.717) is 69.0 Å². The fourth-order valence-corrected chi connectivity index (χ4v) is 5.66. The lowest BCUT2D eigenvalue weighted by molar-refractivity contribution is -0.123. The van der Waals surface area contributed by atoms with E-state index in [1.807, 2.05) is 7.05 Å². The Morgan fingerprint density at radius 1 is 0.718 bits per heavy atom.